The Kier molecular flexibility index (Phi) is 4.10. The molecule has 0 bridgehead atoms. The molecule has 0 atom stereocenters. The molecule has 0 unspecified atom stereocenters. The maximum absolute atomic E-state index is 11.8. The lowest BCUT2D eigenvalue weighted by Crippen LogP contribution is -2.34. The molecule has 1 N–H and O–H groups in total. The highest BCUT2D eigenvalue weighted by Crippen LogP contribution is 2.12. The summed E-state index contributed by atoms with van der Waals surface area (Å²) in [6.07, 6.45) is -4.54. The van der Waals surface area contributed by atoms with Crippen LogP contribution >= 0.6 is 0 Å². The van der Waals surface area contributed by atoms with Gasteiger partial charge in [-0.25, -0.2) is 0 Å². The molecule has 1 aromatic carbocycles. The predicted octanol–water partition coefficient (Wildman–Crippen LogP) is 1.78. The molecule has 0 saturated heterocycles. The lowest BCUT2D eigenvalue weighted by atomic mass is 10.1. The number of rotatable bonds is 3. The fraction of sp³-hybridized carbons (Fsp3) is 0.273. The van der Waals surface area contributed by atoms with Crippen molar-refractivity contribution in [2.45, 2.75) is 12.6 Å². The second-order valence-corrected chi connectivity index (χ2v) is 3.38. The number of hydrogen-bond acceptors (Lipinski definition) is 2. The molecule has 90 valence electrons. The first kappa shape index (κ1) is 13.0. The van der Waals surface area contributed by atoms with Gasteiger partial charge < -0.3 is 5.32 Å². The van der Waals surface area contributed by atoms with Crippen molar-refractivity contribution in [3.8, 4) is 6.07 Å². The van der Waals surface area contributed by atoms with Crippen molar-refractivity contribution >= 4 is 5.91 Å². The van der Waals surface area contributed by atoms with Gasteiger partial charge in [0, 0.05) is 0 Å². The molecule has 0 fully saturated rings. The Labute approximate surface area is 95.9 Å². The van der Waals surface area contributed by atoms with Gasteiger partial charge in [-0.15, -0.1) is 0 Å². The summed E-state index contributed by atoms with van der Waals surface area (Å²) in [7, 11) is 0. The fourth-order valence-electron chi connectivity index (χ4n) is 1.14. The van der Waals surface area contributed by atoms with Gasteiger partial charge in [0.2, 0.25) is 5.91 Å². The summed E-state index contributed by atoms with van der Waals surface area (Å²) in [5, 5.41) is 10.3. The van der Waals surface area contributed by atoms with Crippen molar-refractivity contribution in [1.82, 2.24) is 5.32 Å². The zero-order chi connectivity index (χ0) is 12.9. The molecular formula is C11H9F3N2O. The van der Waals surface area contributed by atoms with Gasteiger partial charge >= 0.3 is 6.18 Å². The lowest BCUT2D eigenvalue weighted by molar-refractivity contribution is -0.138. The van der Waals surface area contributed by atoms with E-state index in [-0.39, 0.29) is 6.42 Å². The van der Waals surface area contributed by atoms with Gasteiger partial charge in [0.1, 0.15) is 6.54 Å². The van der Waals surface area contributed by atoms with E-state index >= 15 is 0 Å². The van der Waals surface area contributed by atoms with Crippen molar-refractivity contribution in [3.05, 3.63) is 35.4 Å². The quantitative estimate of drug-likeness (QED) is 0.878. The molecule has 6 heteroatoms. The van der Waals surface area contributed by atoms with Gasteiger partial charge in [-0.2, -0.15) is 18.4 Å². The Morgan fingerprint density at radius 2 is 1.88 bits per heavy atom. The summed E-state index contributed by atoms with van der Waals surface area (Å²) in [6.45, 7) is -1.33. The highest BCUT2D eigenvalue weighted by atomic mass is 19.4. The van der Waals surface area contributed by atoms with Crippen LogP contribution in [0.2, 0.25) is 0 Å². The van der Waals surface area contributed by atoms with E-state index in [1.54, 1.807) is 5.32 Å². The average Bonchev–Trinajstić information content (AvgIpc) is 2.27. The standard InChI is InChI=1S/C11H9F3N2O/c12-11(13,14)7-16-10(17)5-8-1-3-9(6-15)4-2-8/h1-4H,5,7H2,(H,16,17). The first-order chi connectivity index (χ1) is 7.90. The topological polar surface area (TPSA) is 52.9 Å². The summed E-state index contributed by atoms with van der Waals surface area (Å²) in [5.74, 6) is -0.702. The largest absolute Gasteiger partial charge is 0.405 e. The molecular weight excluding hydrogens is 233 g/mol. The molecule has 0 saturated carbocycles. The molecule has 17 heavy (non-hydrogen) atoms. The Morgan fingerprint density at radius 1 is 1.29 bits per heavy atom. The van der Waals surface area contributed by atoms with Gasteiger partial charge in [0.25, 0.3) is 0 Å². The molecule has 0 heterocycles. The summed E-state index contributed by atoms with van der Waals surface area (Å²) in [5.41, 5.74) is 0.994. The van der Waals surface area contributed by atoms with Crippen LogP contribution in [0.15, 0.2) is 24.3 Å². The van der Waals surface area contributed by atoms with E-state index in [0.717, 1.165) is 0 Å². The molecule has 0 spiro atoms. The minimum Gasteiger partial charge on any atom is -0.347 e. The average molecular weight is 242 g/mol. The third-order valence-electron chi connectivity index (χ3n) is 1.93. The maximum Gasteiger partial charge on any atom is 0.405 e. The van der Waals surface area contributed by atoms with Crippen molar-refractivity contribution in [2.24, 2.45) is 0 Å². The summed E-state index contributed by atoms with van der Waals surface area (Å²) < 4.78 is 35.4. The SMILES string of the molecule is N#Cc1ccc(CC(=O)NCC(F)(F)F)cc1. The minimum absolute atomic E-state index is 0.137. The number of carbonyl (C=O) groups excluding carboxylic acids is 1. The van der Waals surface area contributed by atoms with E-state index in [9.17, 15) is 18.0 Å². The second-order valence-electron chi connectivity index (χ2n) is 3.38. The normalized spacial score (nSPS) is 10.7. The number of amides is 1. The van der Waals surface area contributed by atoms with Crippen molar-refractivity contribution in [1.29, 1.82) is 5.26 Å². The number of halogens is 3. The maximum atomic E-state index is 11.8. The van der Waals surface area contributed by atoms with Crippen LogP contribution in [-0.2, 0) is 11.2 Å². The Balaban J connectivity index is 2.48. The van der Waals surface area contributed by atoms with Crippen LogP contribution in [0.5, 0.6) is 0 Å². The number of alkyl halides is 3. The van der Waals surface area contributed by atoms with Gasteiger partial charge in [-0.05, 0) is 17.7 Å². The van der Waals surface area contributed by atoms with Gasteiger partial charge in [0.05, 0.1) is 18.1 Å². The van der Waals surface area contributed by atoms with Crippen LogP contribution in [0.4, 0.5) is 13.2 Å². The highest BCUT2D eigenvalue weighted by Gasteiger charge is 2.27. The van der Waals surface area contributed by atoms with Gasteiger partial charge in [-0.1, -0.05) is 12.1 Å². The predicted molar refractivity (Wildman–Crippen MR) is 53.9 cm³/mol. The van der Waals surface area contributed by atoms with Gasteiger partial charge in [0.15, 0.2) is 0 Å². The summed E-state index contributed by atoms with van der Waals surface area (Å²) in [4.78, 5) is 11.1. The van der Waals surface area contributed by atoms with Crippen molar-refractivity contribution in [2.75, 3.05) is 6.54 Å². The molecule has 0 aliphatic rings. The number of nitrogens with zero attached hydrogens (tertiary/aromatic N) is 1. The number of hydrogen-bond donors (Lipinski definition) is 1. The van der Waals surface area contributed by atoms with E-state index in [4.69, 9.17) is 5.26 Å². The van der Waals surface area contributed by atoms with E-state index in [2.05, 4.69) is 0 Å². The van der Waals surface area contributed by atoms with Crippen LogP contribution in [0.3, 0.4) is 0 Å². The Hall–Kier alpha value is -2.03. The fourth-order valence-corrected chi connectivity index (χ4v) is 1.14. The zero-order valence-corrected chi connectivity index (χ0v) is 8.71. The second kappa shape index (κ2) is 5.34. The molecule has 1 aromatic rings. The summed E-state index contributed by atoms with van der Waals surface area (Å²) >= 11 is 0. The molecule has 0 radical (unpaired) electrons. The van der Waals surface area contributed by atoms with Crippen molar-refractivity contribution in [3.63, 3.8) is 0 Å². The Bertz CT molecular complexity index is 432. The van der Waals surface area contributed by atoms with Crippen LogP contribution in [-0.4, -0.2) is 18.6 Å². The van der Waals surface area contributed by atoms with E-state index < -0.39 is 18.6 Å². The number of nitriles is 1. The van der Waals surface area contributed by atoms with E-state index in [1.807, 2.05) is 6.07 Å². The van der Waals surface area contributed by atoms with Crippen molar-refractivity contribution < 1.29 is 18.0 Å². The third kappa shape index (κ3) is 5.02. The lowest BCUT2D eigenvalue weighted by Gasteiger charge is -2.08. The highest BCUT2D eigenvalue weighted by molar-refractivity contribution is 5.78. The van der Waals surface area contributed by atoms with E-state index in [0.29, 0.717) is 11.1 Å². The van der Waals surface area contributed by atoms with Crippen LogP contribution in [0, 0.1) is 11.3 Å². The van der Waals surface area contributed by atoms with E-state index in [1.165, 1.54) is 24.3 Å². The molecule has 0 aliphatic heterocycles. The first-order valence-corrected chi connectivity index (χ1v) is 4.73. The minimum atomic E-state index is -4.40. The molecule has 1 rings (SSSR count). The summed E-state index contributed by atoms with van der Waals surface area (Å²) in [6, 6.07) is 7.98. The Morgan fingerprint density at radius 3 is 2.35 bits per heavy atom. The molecule has 0 aliphatic carbocycles. The van der Waals surface area contributed by atoms with Crippen LogP contribution in [0.1, 0.15) is 11.1 Å². The van der Waals surface area contributed by atoms with Crippen LogP contribution in [0.25, 0.3) is 0 Å². The van der Waals surface area contributed by atoms with Crippen LogP contribution < -0.4 is 5.32 Å². The number of nitrogens with one attached hydrogen (secondary N) is 1. The smallest absolute Gasteiger partial charge is 0.347 e. The zero-order valence-electron chi connectivity index (χ0n) is 8.71. The molecule has 1 amide bonds. The van der Waals surface area contributed by atoms with Gasteiger partial charge in [-0.3, -0.25) is 4.79 Å². The third-order valence-corrected chi connectivity index (χ3v) is 1.93. The number of carbonyl (C=O) groups is 1. The first-order valence-electron chi connectivity index (χ1n) is 4.73. The molecule has 0 aromatic heterocycles. The monoisotopic (exact) mass is 242 g/mol. The number of benzene rings is 1. The molecule has 3 nitrogen and oxygen atoms in total.